The van der Waals surface area contributed by atoms with E-state index in [1.54, 1.807) is 7.05 Å². The molecule has 104 valence electrons. The fourth-order valence-corrected chi connectivity index (χ4v) is 2.16. The molecule has 0 bridgehead atoms. The Labute approximate surface area is 114 Å². The highest BCUT2D eigenvalue weighted by atomic mass is 16.6. The molecule has 1 aliphatic rings. The first kappa shape index (κ1) is 13.9. The number of hydrogen-bond donors (Lipinski definition) is 1. The summed E-state index contributed by atoms with van der Waals surface area (Å²) in [7, 11) is 1.66. The minimum Gasteiger partial charge on any atom is -0.445 e. The topological polar surface area (TPSA) is 49.8 Å². The summed E-state index contributed by atoms with van der Waals surface area (Å²) in [6.07, 6.45) is 2.50. The maximum atomic E-state index is 11.8. The van der Waals surface area contributed by atoms with Crippen molar-refractivity contribution < 1.29 is 14.6 Å². The van der Waals surface area contributed by atoms with Crippen molar-refractivity contribution in [2.45, 2.75) is 32.0 Å². The van der Waals surface area contributed by atoms with Gasteiger partial charge in [-0.05, 0) is 24.3 Å². The molecule has 1 aromatic carbocycles. The Morgan fingerprint density at radius 2 is 2.11 bits per heavy atom. The van der Waals surface area contributed by atoms with E-state index in [2.05, 4.69) is 0 Å². The van der Waals surface area contributed by atoms with E-state index in [-0.39, 0.29) is 12.7 Å². The molecule has 1 atom stereocenters. The number of benzene rings is 1. The maximum Gasteiger partial charge on any atom is 0.409 e. The molecule has 4 heteroatoms. The van der Waals surface area contributed by atoms with E-state index in [1.165, 1.54) is 11.3 Å². The number of amides is 1. The van der Waals surface area contributed by atoms with Gasteiger partial charge in [0.15, 0.2) is 0 Å². The van der Waals surface area contributed by atoms with Gasteiger partial charge in [0.1, 0.15) is 6.61 Å². The Bertz CT molecular complexity index is 403. The zero-order chi connectivity index (χ0) is 13.7. The van der Waals surface area contributed by atoms with Crippen LogP contribution in [0.1, 0.15) is 24.8 Å². The third-order valence-electron chi connectivity index (χ3n) is 3.67. The molecule has 1 aliphatic carbocycles. The minimum absolute atomic E-state index is 0.267. The van der Waals surface area contributed by atoms with Crippen LogP contribution in [0.5, 0.6) is 0 Å². The predicted octanol–water partition coefficient (Wildman–Crippen LogP) is 2.42. The molecule has 1 unspecified atom stereocenters. The van der Waals surface area contributed by atoms with Crippen molar-refractivity contribution in [1.29, 1.82) is 0 Å². The van der Waals surface area contributed by atoms with Crippen molar-refractivity contribution in [3.63, 3.8) is 0 Å². The zero-order valence-corrected chi connectivity index (χ0v) is 11.3. The molecule has 0 heterocycles. The summed E-state index contributed by atoms with van der Waals surface area (Å²) in [5.41, 5.74) is 0.962. The van der Waals surface area contributed by atoms with E-state index >= 15 is 0 Å². The normalized spacial score (nSPS) is 16.5. The number of likely N-dealkylation sites (N-methyl/N-ethyl adjacent to an activating group) is 1. The van der Waals surface area contributed by atoms with Crippen LogP contribution < -0.4 is 0 Å². The Hall–Kier alpha value is -1.55. The average molecular weight is 263 g/mol. The smallest absolute Gasteiger partial charge is 0.409 e. The van der Waals surface area contributed by atoms with Gasteiger partial charge in [0, 0.05) is 13.6 Å². The molecule has 1 amide bonds. The van der Waals surface area contributed by atoms with Gasteiger partial charge < -0.3 is 14.7 Å². The lowest BCUT2D eigenvalue weighted by atomic mass is 9.81. The van der Waals surface area contributed by atoms with E-state index in [9.17, 15) is 9.90 Å². The number of aliphatic hydroxyl groups excluding tert-OH is 1. The summed E-state index contributed by atoms with van der Waals surface area (Å²) in [5, 5.41) is 9.92. The summed E-state index contributed by atoms with van der Waals surface area (Å²) >= 11 is 0. The van der Waals surface area contributed by atoms with Crippen molar-refractivity contribution >= 4 is 6.09 Å². The van der Waals surface area contributed by atoms with Crippen molar-refractivity contribution in [2.75, 3.05) is 13.6 Å². The van der Waals surface area contributed by atoms with Crippen LogP contribution >= 0.6 is 0 Å². The third kappa shape index (κ3) is 3.96. The summed E-state index contributed by atoms with van der Waals surface area (Å²) in [6.45, 7) is 0.613. The monoisotopic (exact) mass is 263 g/mol. The first-order valence-corrected chi connectivity index (χ1v) is 6.76. The Balaban J connectivity index is 1.72. The van der Waals surface area contributed by atoms with Gasteiger partial charge in [-0.25, -0.2) is 4.79 Å². The second-order valence-corrected chi connectivity index (χ2v) is 5.18. The molecule has 0 aromatic heterocycles. The van der Waals surface area contributed by atoms with Gasteiger partial charge in [0.25, 0.3) is 0 Å². The van der Waals surface area contributed by atoms with Crippen LogP contribution in [0.15, 0.2) is 30.3 Å². The summed E-state index contributed by atoms with van der Waals surface area (Å²) in [4.78, 5) is 13.2. The van der Waals surface area contributed by atoms with Gasteiger partial charge in [0.2, 0.25) is 0 Å². The number of hydrogen-bond acceptors (Lipinski definition) is 3. The number of carbonyl (C=O) groups excluding carboxylic acids is 1. The van der Waals surface area contributed by atoms with E-state index in [4.69, 9.17) is 4.74 Å². The van der Waals surface area contributed by atoms with Crippen molar-refractivity contribution in [2.24, 2.45) is 5.92 Å². The lowest BCUT2D eigenvalue weighted by molar-refractivity contribution is 0.0296. The fourth-order valence-electron chi connectivity index (χ4n) is 2.16. The number of ether oxygens (including phenoxy) is 1. The standard InChI is InChI=1S/C15H21NO3/c1-16(10-14(17)13-8-5-9-13)15(18)19-11-12-6-3-2-4-7-12/h2-4,6-7,13-14,17H,5,8-11H2,1H3. The molecule has 0 saturated heterocycles. The van der Waals surface area contributed by atoms with Gasteiger partial charge in [-0.2, -0.15) is 0 Å². The van der Waals surface area contributed by atoms with Crippen LogP contribution in [0, 0.1) is 5.92 Å². The SMILES string of the molecule is CN(CC(O)C1CCC1)C(=O)OCc1ccccc1. The molecule has 0 radical (unpaired) electrons. The maximum absolute atomic E-state index is 11.8. The minimum atomic E-state index is -0.428. The number of nitrogens with zero attached hydrogens (tertiary/aromatic N) is 1. The lowest BCUT2D eigenvalue weighted by Crippen LogP contribution is -2.40. The molecule has 1 aromatic rings. The Morgan fingerprint density at radius 3 is 2.68 bits per heavy atom. The van der Waals surface area contributed by atoms with Crippen LogP contribution in [-0.2, 0) is 11.3 Å². The summed E-state index contributed by atoms with van der Waals surface area (Å²) in [5.74, 6) is 0.351. The van der Waals surface area contributed by atoms with Crippen molar-refractivity contribution in [1.82, 2.24) is 4.90 Å². The highest BCUT2D eigenvalue weighted by Gasteiger charge is 2.27. The molecular formula is C15H21NO3. The lowest BCUT2D eigenvalue weighted by Gasteiger charge is -2.32. The van der Waals surface area contributed by atoms with Crippen LogP contribution in [0.25, 0.3) is 0 Å². The molecule has 4 nitrogen and oxygen atoms in total. The molecule has 1 fully saturated rings. The predicted molar refractivity (Wildman–Crippen MR) is 72.6 cm³/mol. The molecule has 0 aliphatic heterocycles. The molecule has 0 spiro atoms. The zero-order valence-electron chi connectivity index (χ0n) is 11.3. The van der Waals surface area contributed by atoms with E-state index in [0.717, 1.165) is 18.4 Å². The van der Waals surface area contributed by atoms with E-state index < -0.39 is 6.10 Å². The van der Waals surface area contributed by atoms with E-state index in [0.29, 0.717) is 12.5 Å². The molecule has 1 saturated carbocycles. The first-order chi connectivity index (χ1) is 9.16. The Morgan fingerprint density at radius 1 is 1.42 bits per heavy atom. The van der Waals surface area contributed by atoms with Crippen molar-refractivity contribution in [3.8, 4) is 0 Å². The fraction of sp³-hybridized carbons (Fsp3) is 0.533. The van der Waals surface area contributed by atoms with Gasteiger partial charge in [-0.3, -0.25) is 0 Å². The van der Waals surface area contributed by atoms with Gasteiger partial charge in [-0.15, -0.1) is 0 Å². The van der Waals surface area contributed by atoms with Crippen LogP contribution in [0.3, 0.4) is 0 Å². The molecule has 2 rings (SSSR count). The number of aliphatic hydroxyl groups is 1. The van der Waals surface area contributed by atoms with Crippen LogP contribution in [-0.4, -0.2) is 35.8 Å². The number of rotatable bonds is 5. The molecule has 19 heavy (non-hydrogen) atoms. The van der Waals surface area contributed by atoms with E-state index in [1.807, 2.05) is 30.3 Å². The summed E-state index contributed by atoms with van der Waals surface area (Å²) < 4.78 is 5.20. The number of carbonyl (C=O) groups is 1. The van der Waals surface area contributed by atoms with Crippen LogP contribution in [0.2, 0.25) is 0 Å². The highest BCUT2D eigenvalue weighted by Crippen LogP contribution is 2.29. The highest BCUT2D eigenvalue weighted by molar-refractivity contribution is 5.67. The second kappa shape index (κ2) is 6.57. The quantitative estimate of drug-likeness (QED) is 0.887. The third-order valence-corrected chi connectivity index (χ3v) is 3.67. The second-order valence-electron chi connectivity index (χ2n) is 5.18. The van der Waals surface area contributed by atoms with Gasteiger partial charge in [-0.1, -0.05) is 36.8 Å². The molecular weight excluding hydrogens is 242 g/mol. The largest absolute Gasteiger partial charge is 0.445 e. The average Bonchev–Trinajstić information content (AvgIpc) is 2.34. The van der Waals surface area contributed by atoms with Crippen molar-refractivity contribution in [3.05, 3.63) is 35.9 Å². The molecule has 1 N–H and O–H groups in total. The Kier molecular flexibility index (Phi) is 4.80. The van der Waals surface area contributed by atoms with Gasteiger partial charge >= 0.3 is 6.09 Å². The summed E-state index contributed by atoms with van der Waals surface area (Å²) in [6, 6.07) is 9.57. The first-order valence-electron chi connectivity index (χ1n) is 6.76. The van der Waals surface area contributed by atoms with Gasteiger partial charge in [0.05, 0.1) is 6.10 Å². The van der Waals surface area contributed by atoms with Crippen LogP contribution in [0.4, 0.5) is 4.79 Å².